The molecule has 0 radical (unpaired) electrons. The number of aromatic amines is 1. The first-order valence-corrected chi connectivity index (χ1v) is 3.34. The molecule has 0 aliphatic rings. The summed E-state index contributed by atoms with van der Waals surface area (Å²) in [7, 11) is 0. The Bertz CT molecular complexity index is 326. The minimum atomic E-state index is -0.250. The van der Waals surface area contributed by atoms with Crippen molar-refractivity contribution in [2.75, 3.05) is 0 Å². The summed E-state index contributed by atoms with van der Waals surface area (Å²) in [6.07, 6.45) is 1.81. The number of benzene rings is 1. The summed E-state index contributed by atoms with van der Waals surface area (Å²) >= 11 is 0. The molecule has 0 saturated heterocycles. The van der Waals surface area contributed by atoms with E-state index in [9.17, 15) is 0 Å². The Hall–Kier alpha value is -1.84. The molecule has 2 rings (SSSR count). The molecule has 2 N–H and O–H groups in total. The van der Waals surface area contributed by atoms with Crippen LogP contribution in [0.2, 0.25) is 0 Å². The van der Waals surface area contributed by atoms with Crippen LogP contribution in [0.4, 0.5) is 0 Å². The van der Waals surface area contributed by atoms with E-state index < -0.39 is 0 Å². The molecule has 0 aliphatic carbocycles. The predicted molar refractivity (Wildman–Crippen MR) is 44.8 cm³/mol. The van der Waals surface area contributed by atoms with Crippen LogP contribution in [-0.4, -0.2) is 21.8 Å². The number of carboxylic acid groups (broad SMARTS) is 1. The number of para-hydroxylation sites is 1. The van der Waals surface area contributed by atoms with Crippen molar-refractivity contribution in [2.45, 2.75) is 0 Å². The summed E-state index contributed by atoms with van der Waals surface area (Å²) in [5.41, 5.74) is 1.09. The molecule has 1 aromatic heterocycles. The first-order chi connectivity index (χ1) is 5.88. The molecule has 12 heavy (non-hydrogen) atoms. The van der Waals surface area contributed by atoms with Crippen LogP contribution in [0.5, 0.6) is 0 Å². The number of H-pyrrole nitrogens is 1. The molecular formula is C8H8N2O2. The van der Waals surface area contributed by atoms with Gasteiger partial charge in [0.2, 0.25) is 0 Å². The Kier molecular flexibility index (Phi) is 2.84. The second kappa shape index (κ2) is 4.12. The van der Waals surface area contributed by atoms with E-state index in [0.717, 1.165) is 10.9 Å². The quantitative estimate of drug-likeness (QED) is 0.576. The third-order valence-electron chi connectivity index (χ3n) is 1.35. The van der Waals surface area contributed by atoms with E-state index in [2.05, 4.69) is 10.2 Å². The zero-order chi connectivity index (χ0) is 8.81. The first kappa shape index (κ1) is 8.26. The van der Waals surface area contributed by atoms with Crippen molar-refractivity contribution >= 4 is 17.4 Å². The van der Waals surface area contributed by atoms with Crippen molar-refractivity contribution in [3.63, 3.8) is 0 Å². The van der Waals surface area contributed by atoms with Crippen molar-refractivity contribution < 1.29 is 9.90 Å². The summed E-state index contributed by atoms with van der Waals surface area (Å²) < 4.78 is 0. The fourth-order valence-electron chi connectivity index (χ4n) is 0.883. The molecule has 2 aromatic rings. The van der Waals surface area contributed by atoms with Crippen LogP contribution in [0.3, 0.4) is 0 Å². The molecule has 0 saturated carbocycles. The van der Waals surface area contributed by atoms with Gasteiger partial charge in [0.1, 0.15) is 0 Å². The Labute approximate surface area is 68.8 Å². The van der Waals surface area contributed by atoms with Gasteiger partial charge in [-0.15, -0.1) is 0 Å². The number of fused-ring (bicyclic) bond motifs is 1. The highest BCUT2D eigenvalue weighted by Gasteiger charge is 1.88. The molecular weight excluding hydrogens is 156 g/mol. The maximum Gasteiger partial charge on any atom is 0.290 e. The lowest BCUT2D eigenvalue weighted by atomic mass is 10.3. The average Bonchev–Trinajstić information content (AvgIpc) is 2.52. The highest BCUT2D eigenvalue weighted by atomic mass is 16.3. The van der Waals surface area contributed by atoms with Gasteiger partial charge in [-0.25, -0.2) is 0 Å². The molecule has 0 spiro atoms. The van der Waals surface area contributed by atoms with Gasteiger partial charge in [-0.2, -0.15) is 5.10 Å². The largest absolute Gasteiger partial charge is 0.483 e. The van der Waals surface area contributed by atoms with Crippen molar-refractivity contribution in [3.05, 3.63) is 30.5 Å². The zero-order valence-corrected chi connectivity index (χ0v) is 6.27. The summed E-state index contributed by atoms with van der Waals surface area (Å²) in [6, 6.07) is 8.01. The number of nitrogens with one attached hydrogen (secondary N) is 1. The second-order valence-electron chi connectivity index (χ2n) is 2.06. The number of hydrogen-bond donors (Lipinski definition) is 2. The summed E-state index contributed by atoms with van der Waals surface area (Å²) in [5, 5.41) is 14.8. The van der Waals surface area contributed by atoms with Gasteiger partial charge < -0.3 is 5.11 Å². The first-order valence-electron chi connectivity index (χ1n) is 3.34. The van der Waals surface area contributed by atoms with E-state index in [1.165, 1.54) is 0 Å². The monoisotopic (exact) mass is 164 g/mol. The van der Waals surface area contributed by atoms with Crippen molar-refractivity contribution in [1.82, 2.24) is 10.2 Å². The van der Waals surface area contributed by atoms with Gasteiger partial charge in [0.25, 0.3) is 6.47 Å². The van der Waals surface area contributed by atoms with Crippen molar-refractivity contribution in [2.24, 2.45) is 0 Å². The summed E-state index contributed by atoms with van der Waals surface area (Å²) in [4.78, 5) is 8.36. The van der Waals surface area contributed by atoms with Crippen molar-refractivity contribution in [3.8, 4) is 0 Å². The smallest absolute Gasteiger partial charge is 0.290 e. The molecule has 0 fully saturated rings. The van der Waals surface area contributed by atoms with Crippen LogP contribution in [0, 0.1) is 0 Å². The van der Waals surface area contributed by atoms with E-state index >= 15 is 0 Å². The molecule has 0 aliphatic heterocycles. The molecule has 1 aromatic carbocycles. The van der Waals surface area contributed by atoms with E-state index in [-0.39, 0.29) is 6.47 Å². The number of rotatable bonds is 0. The highest BCUT2D eigenvalue weighted by molar-refractivity contribution is 5.77. The van der Waals surface area contributed by atoms with E-state index in [0.29, 0.717) is 0 Å². The fraction of sp³-hybridized carbons (Fsp3) is 0. The topological polar surface area (TPSA) is 66.0 Å². The van der Waals surface area contributed by atoms with E-state index in [1.54, 1.807) is 0 Å². The minimum absolute atomic E-state index is 0.250. The van der Waals surface area contributed by atoms with Gasteiger partial charge in [0.05, 0.1) is 11.7 Å². The molecule has 0 bridgehead atoms. The van der Waals surface area contributed by atoms with Crippen LogP contribution in [-0.2, 0) is 4.79 Å². The number of aromatic nitrogens is 2. The second-order valence-corrected chi connectivity index (χ2v) is 2.06. The third kappa shape index (κ3) is 1.82. The summed E-state index contributed by atoms with van der Waals surface area (Å²) in [6.45, 7) is -0.250. The summed E-state index contributed by atoms with van der Waals surface area (Å²) in [5.74, 6) is 0. The number of nitrogens with zero attached hydrogens (tertiary/aromatic N) is 1. The van der Waals surface area contributed by atoms with Crippen LogP contribution in [0.25, 0.3) is 10.9 Å². The Morgan fingerprint density at radius 3 is 2.75 bits per heavy atom. The van der Waals surface area contributed by atoms with Gasteiger partial charge in [0, 0.05) is 5.39 Å². The van der Waals surface area contributed by atoms with Gasteiger partial charge in [-0.1, -0.05) is 18.2 Å². The van der Waals surface area contributed by atoms with Crippen LogP contribution in [0.15, 0.2) is 30.5 Å². The molecule has 1 heterocycles. The predicted octanol–water partition coefficient (Wildman–Crippen LogP) is 1.26. The minimum Gasteiger partial charge on any atom is -0.483 e. The van der Waals surface area contributed by atoms with Crippen LogP contribution >= 0.6 is 0 Å². The van der Waals surface area contributed by atoms with Crippen LogP contribution in [0.1, 0.15) is 0 Å². The lowest BCUT2D eigenvalue weighted by Crippen LogP contribution is -1.63. The van der Waals surface area contributed by atoms with Gasteiger partial charge in [-0.05, 0) is 6.07 Å². The molecule has 62 valence electrons. The fourth-order valence-corrected chi connectivity index (χ4v) is 0.883. The third-order valence-corrected chi connectivity index (χ3v) is 1.35. The normalized spacial score (nSPS) is 8.67. The Balaban J connectivity index is 0.000000213. The van der Waals surface area contributed by atoms with Gasteiger partial charge in [-0.3, -0.25) is 9.89 Å². The maximum atomic E-state index is 8.36. The molecule has 0 atom stereocenters. The molecule has 4 nitrogen and oxygen atoms in total. The van der Waals surface area contributed by atoms with Crippen molar-refractivity contribution in [1.29, 1.82) is 0 Å². The van der Waals surface area contributed by atoms with Gasteiger partial charge >= 0.3 is 0 Å². The zero-order valence-electron chi connectivity index (χ0n) is 6.27. The Morgan fingerprint density at radius 2 is 2.08 bits per heavy atom. The lowest BCUT2D eigenvalue weighted by molar-refractivity contribution is -0.122. The number of hydrogen-bond acceptors (Lipinski definition) is 2. The van der Waals surface area contributed by atoms with Gasteiger partial charge in [0.15, 0.2) is 0 Å². The Morgan fingerprint density at radius 1 is 1.42 bits per heavy atom. The molecule has 4 heteroatoms. The average molecular weight is 164 g/mol. The SMILES string of the molecule is O=CO.c1ccc2[nH]ncc2c1. The highest BCUT2D eigenvalue weighted by Crippen LogP contribution is 2.06. The molecule has 0 amide bonds. The maximum absolute atomic E-state index is 8.36. The number of carbonyl (C=O) groups is 1. The standard InChI is InChI=1S/C7H6N2.CH2O2/c1-2-4-7-6(3-1)5-8-9-7;2-1-3/h1-5H,(H,8,9);1H,(H,2,3). The molecule has 0 unspecified atom stereocenters. The van der Waals surface area contributed by atoms with Crippen LogP contribution < -0.4 is 0 Å². The lowest BCUT2D eigenvalue weighted by Gasteiger charge is -1.81. The van der Waals surface area contributed by atoms with E-state index in [4.69, 9.17) is 9.90 Å². The van der Waals surface area contributed by atoms with E-state index in [1.807, 2.05) is 30.5 Å².